The molecule has 0 radical (unpaired) electrons. The first-order valence-corrected chi connectivity index (χ1v) is 6.78. The molecule has 0 spiro atoms. The molecule has 0 aromatic carbocycles. The highest BCUT2D eigenvalue weighted by atomic mass is 16.5. The van der Waals surface area contributed by atoms with Gasteiger partial charge in [0.1, 0.15) is 5.75 Å². The standard InChI is InChI=1S/C14H15N3O2/c18-12-7-15-4-3-10(12)14-16-13(17-19-14)11-6-8-1-2-9(11)5-8/h3-4,7-9,11,18H,1-2,5-6H2. The van der Waals surface area contributed by atoms with Gasteiger partial charge in [-0.2, -0.15) is 4.98 Å². The van der Waals surface area contributed by atoms with Gasteiger partial charge in [0.2, 0.25) is 0 Å². The van der Waals surface area contributed by atoms with Crippen LogP contribution >= 0.6 is 0 Å². The maximum absolute atomic E-state index is 9.75. The Morgan fingerprint density at radius 3 is 2.95 bits per heavy atom. The molecule has 1 N–H and O–H groups in total. The summed E-state index contributed by atoms with van der Waals surface area (Å²) in [5, 5.41) is 13.9. The molecule has 2 fully saturated rings. The van der Waals surface area contributed by atoms with Crippen molar-refractivity contribution in [1.82, 2.24) is 15.1 Å². The van der Waals surface area contributed by atoms with Crippen molar-refractivity contribution in [3.05, 3.63) is 24.3 Å². The molecule has 2 aromatic rings. The van der Waals surface area contributed by atoms with Crippen LogP contribution < -0.4 is 0 Å². The highest BCUT2D eigenvalue weighted by Gasteiger charge is 2.42. The van der Waals surface area contributed by atoms with Crippen molar-refractivity contribution in [2.45, 2.75) is 31.6 Å². The lowest BCUT2D eigenvalue weighted by molar-refractivity contribution is 0.371. The summed E-state index contributed by atoms with van der Waals surface area (Å²) in [6, 6.07) is 1.69. The number of hydrogen-bond acceptors (Lipinski definition) is 5. The molecule has 5 heteroatoms. The smallest absolute Gasteiger partial charge is 0.261 e. The van der Waals surface area contributed by atoms with E-state index in [1.807, 2.05) is 0 Å². The molecule has 2 bridgehead atoms. The number of hydrogen-bond donors (Lipinski definition) is 1. The maximum atomic E-state index is 9.75. The third kappa shape index (κ3) is 1.72. The second-order valence-electron chi connectivity index (χ2n) is 5.63. The second-order valence-corrected chi connectivity index (χ2v) is 5.63. The van der Waals surface area contributed by atoms with E-state index in [9.17, 15) is 5.11 Å². The summed E-state index contributed by atoms with van der Waals surface area (Å²) in [6.07, 6.45) is 8.14. The summed E-state index contributed by atoms with van der Waals surface area (Å²) in [4.78, 5) is 8.32. The zero-order valence-corrected chi connectivity index (χ0v) is 10.5. The Labute approximate surface area is 110 Å². The highest BCUT2D eigenvalue weighted by molar-refractivity contribution is 5.60. The van der Waals surface area contributed by atoms with Crippen molar-refractivity contribution in [1.29, 1.82) is 0 Å². The number of pyridine rings is 1. The minimum Gasteiger partial charge on any atom is -0.505 e. The lowest BCUT2D eigenvalue weighted by Crippen LogP contribution is -2.09. The topological polar surface area (TPSA) is 72.0 Å². The van der Waals surface area contributed by atoms with Crippen molar-refractivity contribution >= 4 is 0 Å². The molecule has 2 aromatic heterocycles. The van der Waals surface area contributed by atoms with E-state index < -0.39 is 0 Å². The molecule has 2 saturated carbocycles. The molecule has 19 heavy (non-hydrogen) atoms. The molecule has 4 rings (SSSR count). The summed E-state index contributed by atoms with van der Waals surface area (Å²) in [7, 11) is 0. The second kappa shape index (κ2) is 4.05. The Hall–Kier alpha value is -1.91. The SMILES string of the molecule is Oc1cnccc1-c1nc(C2CC3CCC2C3)no1. The fourth-order valence-electron chi connectivity index (χ4n) is 3.62. The Morgan fingerprint density at radius 1 is 1.26 bits per heavy atom. The van der Waals surface area contributed by atoms with Crippen LogP contribution in [0.2, 0.25) is 0 Å². The molecule has 2 aliphatic carbocycles. The summed E-state index contributed by atoms with van der Waals surface area (Å²) >= 11 is 0. The normalized spacial score (nSPS) is 28.9. The van der Waals surface area contributed by atoms with Gasteiger partial charge in [0, 0.05) is 12.1 Å². The third-order valence-corrected chi connectivity index (χ3v) is 4.54. The number of aromatic hydroxyl groups is 1. The van der Waals surface area contributed by atoms with Crippen LogP contribution in [0.4, 0.5) is 0 Å². The van der Waals surface area contributed by atoms with Crippen LogP contribution in [0.15, 0.2) is 23.0 Å². The molecular formula is C14H15N3O2. The largest absolute Gasteiger partial charge is 0.505 e. The lowest BCUT2D eigenvalue weighted by Gasteiger charge is -2.17. The van der Waals surface area contributed by atoms with Crippen molar-refractivity contribution < 1.29 is 9.63 Å². The van der Waals surface area contributed by atoms with Crippen LogP contribution in [-0.4, -0.2) is 20.2 Å². The van der Waals surface area contributed by atoms with E-state index >= 15 is 0 Å². The zero-order valence-electron chi connectivity index (χ0n) is 10.5. The van der Waals surface area contributed by atoms with Crippen LogP contribution in [0.5, 0.6) is 5.75 Å². The van der Waals surface area contributed by atoms with Gasteiger partial charge < -0.3 is 9.63 Å². The Kier molecular flexibility index (Phi) is 2.33. The molecule has 3 unspecified atom stereocenters. The summed E-state index contributed by atoms with van der Waals surface area (Å²) < 4.78 is 5.30. The monoisotopic (exact) mass is 257 g/mol. The first-order chi connectivity index (χ1) is 9.31. The fourth-order valence-corrected chi connectivity index (χ4v) is 3.62. The fraction of sp³-hybridized carbons (Fsp3) is 0.500. The molecule has 0 amide bonds. The van der Waals surface area contributed by atoms with Gasteiger partial charge in [0.15, 0.2) is 5.82 Å². The summed E-state index contributed by atoms with van der Waals surface area (Å²) in [5.74, 6) is 3.29. The molecule has 98 valence electrons. The quantitative estimate of drug-likeness (QED) is 0.895. The van der Waals surface area contributed by atoms with E-state index in [0.29, 0.717) is 17.4 Å². The van der Waals surface area contributed by atoms with Gasteiger partial charge in [-0.25, -0.2) is 0 Å². The number of fused-ring (bicyclic) bond motifs is 2. The molecule has 5 nitrogen and oxygen atoms in total. The molecule has 2 heterocycles. The summed E-state index contributed by atoms with van der Waals surface area (Å²) in [6.45, 7) is 0. The van der Waals surface area contributed by atoms with Gasteiger partial charge in [-0.1, -0.05) is 11.6 Å². The third-order valence-electron chi connectivity index (χ3n) is 4.54. The van der Waals surface area contributed by atoms with Gasteiger partial charge in [-0.3, -0.25) is 4.98 Å². The van der Waals surface area contributed by atoms with Gasteiger partial charge in [0.25, 0.3) is 5.89 Å². The Morgan fingerprint density at radius 2 is 2.21 bits per heavy atom. The van der Waals surface area contributed by atoms with Crippen LogP contribution in [0.25, 0.3) is 11.5 Å². The number of rotatable bonds is 2. The predicted molar refractivity (Wildman–Crippen MR) is 67.4 cm³/mol. The maximum Gasteiger partial charge on any atom is 0.261 e. The van der Waals surface area contributed by atoms with Gasteiger partial charge in [-0.05, 0) is 37.2 Å². The van der Waals surface area contributed by atoms with Crippen molar-refractivity contribution in [3.63, 3.8) is 0 Å². The summed E-state index contributed by atoms with van der Waals surface area (Å²) in [5.41, 5.74) is 0.553. The molecule has 0 aliphatic heterocycles. The minimum atomic E-state index is 0.0747. The first-order valence-electron chi connectivity index (χ1n) is 6.78. The van der Waals surface area contributed by atoms with Crippen LogP contribution in [-0.2, 0) is 0 Å². The van der Waals surface area contributed by atoms with E-state index in [1.165, 1.54) is 31.9 Å². The number of aromatic nitrogens is 3. The van der Waals surface area contributed by atoms with Gasteiger partial charge in [0.05, 0.1) is 11.8 Å². The highest BCUT2D eigenvalue weighted by Crippen LogP contribution is 2.52. The molecule has 0 saturated heterocycles. The van der Waals surface area contributed by atoms with E-state index in [2.05, 4.69) is 15.1 Å². The Balaban J connectivity index is 1.65. The van der Waals surface area contributed by atoms with E-state index in [-0.39, 0.29) is 5.75 Å². The average Bonchev–Trinajstić information content (AvgIpc) is 3.15. The lowest BCUT2D eigenvalue weighted by atomic mass is 9.88. The first kappa shape index (κ1) is 11.0. The minimum absolute atomic E-state index is 0.0747. The van der Waals surface area contributed by atoms with Crippen molar-refractivity contribution in [2.24, 2.45) is 11.8 Å². The number of nitrogens with zero attached hydrogens (tertiary/aromatic N) is 3. The average molecular weight is 257 g/mol. The van der Waals surface area contributed by atoms with Crippen LogP contribution in [0, 0.1) is 11.8 Å². The van der Waals surface area contributed by atoms with Crippen molar-refractivity contribution in [3.8, 4) is 17.2 Å². The van der Waals surface area contributed by atoms with Crippen molar-refractivity contribution in [2.75, 3.05) is 0 Å². The van der Waals surface area contributed by atoms with Gasteiger partial charge in [-0.15, -0.1) is 0 Å². The van der Waals surface area contributed by atoms with E-state index in [4.69, 9.17) is 4.52 Å². The molecular weight excluding hydrogens is 242 g/mol. The van der Waals surface area contributed by atoms with E-state index in [1.54, 1.807) is 12.3 Å². The van der Waals surface area contributed by atoms with E-state index in [0.717, 1.165) is 17.7 Å². The van der Waals surface area contributed by atoms with Gasteiger partial charge >= 0.3 is 0 Å². The Bertz CT molecular complexity index is 610. The predicted octanol–water partition coefficient (Wildman–Crippen LogP) is 2.74. The molecule has 2 aliphatic rings. The van der Waals surface area contributed by atoms with Crippen LogP contribution in [0.3, 0.4) is 0 Å². The zero-order chi connectivity index (χ0) is 12.8. The van der Waals surface area contributed by atoms with Crippen LogP contribution in [0.1, 0.15) is 37.4 Å². The molecule has 3 atom stereocenters.